The Balaban J connectivity index is 1.87. The Morgan fingerprint density at radius 3 is 2.52 bits per heavy atom. The lowest BCUT2D eigenvalue weighted by Crippen LogP contribution is -2.34. The number of imidazole rings is 1. The number of aromatic amines is 1. The number of benzene rings is 2. The van der Waals surface area contributed by atoms with Crippen LogP contribution in [0.25, 0.3) is 11.0 Å². The second-order valence-electron chi connectivity index (χ2n) is 5.64. The number of hydrogen-bond donors (Lipinski definition) is 2. The van der Waals surface area contributed by atoms with E-state index >= 15 is 0 Å². The van der Waals surface area contributed by atoms with Gasteiger partial charge in [0.1, 0.15) is 0 Å². The molecule has 6 nitrogen and oxygen atoms in total. The summed E-state index contributed by atoms with van der Waals surface area (Å²) in [6.45, 7) is 0. The molecule has 140 valence electrons. The predicted octanol–water partition coefficient (Wildman–Crippen LogP) is 3.91. The fraction of sp³-hybridized carbons (Fsp3) is 0.167. The molecule has 0 aliphatic rings. The van der Waals surface area contributed by atoms with Gasteiger partial charge in [0.2, 0.25) is 0 Å². The highest BCUT2D eigenvalue weighted by atomic mass is 79.9. The molecule has 0 saturated heterocycles. The molecule has 0 aliphatic heterocycles. The van der Waals surface area contributed by atoms with E-state index in [1.165, 1.54) is 25.3 Å². The SMILES string of the molecule is COC(=O)C(NC(=O)c1ccc2nc(C(F)F)[nH]c2c1)c1ccc(Br)cc1. The van der Waals surface area contributed by atoms with Crippen molar-refractivity contribution in [2.24, 2.45) is 0 Å². The van der Waals surface area contributed by atoms with Crippen molar-refractivity contribution >= 4 is 38.8 Å². The Labute approximate surface area is 161 Å². The van der Waals surface area contributed by atoms with Gasteiger partial charge in [0.25, 0.3) is 12.3 Å². The van der Waals surface area contributed by atoms with E-state index in [0.717, 1.165) is 4.47 Å². The number of amides is 1. The van der Waals surface area contributed by atoms with Crippen LogP contribution in [0.5, 0.6) is 0 Å². The van der Waals surface area contributed by atoms with Crippen molar-refractivity contribution < 1.29 is 23.1 Å². The largest absolute Gasteiger partial charge is 0.467 e. The van der Waals surface area contributed by atoms with Crippen molar-refractivity contribution in [3.05, 3.63) is 63.9 Å². The van der Waals surface area contributed by atoms with Crippen LogP contribution in [0.3, 0.4) is 0 Å². The van der Waals surface area contributed by atoms with Crippen molar-refractivity contribution in [1.29, 1.82) is 0 Å². The Kier molecular flexibility index (Phi) is 5.50. The number of esters is 1. The molecular formula is C18H14BrF2N3O3. The Morgan fingerprint density at radius 1 is 1.19 bits per heavy atom. The highest BCUT2D eigenvalue weighted by Crippen LogP contribution is 2.22. The van der Waals surface area contributed by atoms with Crippen LogP contribution in [0.15, 0.2) is 46.9 Å². The number of nitrogens with one attached hydrogen (secondary N) is 2. The number of alkyl halides is 2. The Morgan fingerprint density at radius 2 is 1.89 bits per heavy atom. The van der Waals surface area contributed by atoms with Gasteiger partial charge in [-0.2, -0.15) is 0 Å². The molecule has 3 rings (SSSR count). The number of carbonyl (C=O) groups excluding carboxylic acids is 2. The highest BCUT2D eigenvalue weighted by Gasteiger charge is 2.24. The minimum absolute atomic E-state index is 0.193. The normalized spacial score (nSPS) is 12.2. The minimum atomic E-state index is -2.74. The maximum absolute atomic E-state index is 12.8. The summed E-state index contributed by atoms with van der Waals surface area (Å²) in [6, 6.07) is 10.1. The molecule has 0 saturated carbocycles. The number of rotatable bonds is 5. The van der Waals surface area contributed by atoms with Gasteiger partial charge in [-0.25, -0.2) is 18.6 Å². The quantitative estimate of drug-likeness (QED) is 0.592. The zero-order valence-corrected chi connectivity index (χ0v) is 15.6. The third kappa shape index (κ3) is 4.13. The molecule has 2 N–H and O–H groups in total. The first-order chi connectivity index (χ1) is 12.9. The van der Waals surface area contributed by atoms with Gasteiger partial charge in [0, 0.05) is 10.0 Å². The first kappa shape index (κ1) is 19.0. The van der Waals surface area contributed by atoms with Gasteiger partial charge < -0.3 is 15.0 Å². The molecule has 3 aromatic rings. The third-order valence-electron chi connectivity index (χ3n) is 3.88. The summed E-state index contributed by atoms with van der Waals surface area (Å²) in [5, 5.41) is 2.60. The Bertz CT molecular complexity index is 989. The zero-order chi connectivity index (χ0) is 19.6. The topological polar surface area (TPSA) is 84.1 Å². The number of ether oxygens (including phenoxy) is 1. The van der Waals surface area contributed by atoms with Crippen LogP contribution in [0.2, 0.25) is 0 Å². The molecule has 0 fully saturated rings. The van der Waals surface area contributed by atoms with Crippen molar-refractivity contribution in [2.45, 2.75) is 12.5 Å². The maximum atomic E-state index is 12.8. The standard InChI is InChI=1S/C18H14BrF2N3O3/c1-27-18(26)14(9-2-5-11(19)6-3-9)24-17(25)10-4-7-12-13(8-10)23-16(22-12)15(20)21/h2-8,14-15H,1H3,(H,22,23)(H,24,25). The molecule has 0 radical (unpaired) electrons. The Hall–Kier alpha value is -2.81. The van der Waals surface area contributed by atoms with E-state index in [9.17, 15) is 18.4 Å². The molecular weight excluding hydrogens is 424 g/mol. The number of fused-ring (bicyclic) bond motifs is 1. The second kappa shape index (κ2) is 7.83. The van der Waals surface area contributed by atoms with Gasteiger partial charge in [-0.1, -0.05) is 28.1 Å². The minimum Gasteiger partial charge on any atom is -0.467 e. The average Bonchev–Trinajstić information content (AvgIpc) is 3.10. The molecule has 1 aromatic heterocycles. The van der Waals surface area contributed by atoms with Crippen LogP contribution < -0.4 is 5.32 Å². The predicted molar refractivity (Wildman–Crippen MR) is 97.4 cm³/mol. The summed E-state index contributed by atoms with van der Waals surface area (Å²) in [5.41, 5.74) is 1.36. The fourth-order valence-electron chi connectivity index (χ4n) is 2.54. The van der Waals surface area contributed by atoms with Crippen LogP contribution in [-0.4, -0.2) is 29.0 Å². The van der Waals surface area contributed by atoms with E-state index in [1.807, 2.05) is 0 Å². The van der Waals surface area contributed by atoms with E-state index in [2.05, 4.69) is 31.2 Å². The molecule has 2 aromatic carbocycles. The van der Waals surface area contributed by atoms with E-state index in [1.54, 1.807) is 24.3 Å². The zero-order valence-electron chi connectivity index (χ0n) is 14.0. The second-order valence-corrected chi connectivity index (χ2v) is 6.55. The van der Waals surface area contributed by atoms with Gasteiger partial charge in [-0.3, -0.25) is 4.79 Å². The molecule has 0 bridgehead atoms. The lowest BCUT2D eigenvalue weighted by atomic mass is 10.1. The lowest BCUT2D eigenvalue weighted by Gasteiger charge is -2.17. The van der Waals surface area contributed by atoms with E-state index in [4.69, 9.17) is 4.74 Å². The number of H-pyrrole nitrogens is 1. The molecule has 1 heterocycles. The summed E-state index contributed by atoms with van der Waals surface area (Å²) in [7, 11) is 1.23. The lowest BCUT2D eigenvalue weighted by molar-refractivity contribution is -0.143. The molecule has 1 atom stereocenters. The first-order valence-electron chi connectivity index (χ1n) is 7.81. The van der Waals surface area contributed by atoms with Gasteiger partial charge in [-0.15, -0.1) is 0 Å². The number of methoxy groups -OCH3 is 1. The van der Waals surface area contributed by atoms with Crippen molar-refractivity contribution in [1.82, 2.24) is 15.3 Å². The number of aromatic nitrogens is 2. The van der Waals surface area contributed by atoms with Gasteiger partial charge in [-0.05, 0) is 35.9 Å². The molecule has 27 heavy (non-hydrogen) atoms. The highest BCUT2D eigenvalue weighted by molar-refractivity contribution is 9.10. The number of nitrogens with zero attached hydrogens (tertiary/aromatic N) is 1. The molecule has 9 heteroatoms. The van der Waals surface area contributed by atoms with Crippen molar-refractivity contribution in [2.75, 3.05) is 7.11 Å². The van der Waals surface area contributed by atoms with Gasteiger partial charge in [0.05, 0.1) is 18.1 Å². The monoisotopic (exact) mass is 437 g/mol. The smallest absolute Gasteiger partial charge is 0.333 e. The molecule has 1 amide bonds. The molecule has 0 aliphatic carbocycles. The van der Waals surface area contributed by atoms with Crippen molar-refractivity contribution in [3.8, 4) is 0 Å². The van der Waals surface area contributed by atoms with Gasteiger partial charge in [0.15, 0.2) is 11.9 Å². The summed E-state index contributed by atoms with van der Waals surface area (Å²) in [5.74, 6) is -1.65. The summed E-state index contributed by atoms with van der Waals surface area (Å²) in [4.78, 5) is 30.9. The van der Waals surface area contributed by atoms with Gasteiger partial charge >= 0.3 is 5.97 Å². The van der Waals surface area contributed by atoms with Crippen LogP contribution in [0.1, 0.15) is 34.2 Å². The number of halogens is 3. The van der Waals surface area contributed by atoms with E-state index < -0.39 is 30.2 Å². The summed E-state index contributed by atoms with van der Waals surface area (Å²) in [6.07, 6.45) is -2.74. The third-order valence-corrected chi connectivity index (χ3v) is 4.41. The number of carbonyl (C=O) groups is 2. The van der Waals surface area contributed by atoms with Crippen LogP contribution in [0, 0.1) is 0 Å². The van der Waals surface area contributed by atoms with Crippen LogP contribution in [-0.2, 0) is 9.53 Å². The van der Waals surface area contributed by atoms with Crippen LogP contribution >= 0.6 is 15.9 Å². The summed E-state index contributed by atoms with van der Waals surface area (Å²) < 4.78 is 31.1. The van der Waals surface area contributed by atoms with Crippen LogP contribution in [0.4, 0.5) is 8.78 Å². The fourth-order valence-corrected chi connectivity index (χ4v) is 2.80. The number of hydrogen-bond acceptors (Lipinski definition) is 4. The van der Waals surface area contributed by atoms with E-state index in [-0.39, 0.29) is 5.56 Å². The molecule has 1 unspecified atom stereocenters. The average molecular weight is 438 g/mol. The maximum Gasteiger partial charge on any atom is 0.333 e. The molecule has 0 spiro atoms. The first-order valence-corrected chi connectivity index (χ1v) is 8.60. The van der Waals surface area contributed by atoms with Crippen molar-refractivity contribution in [3.63, 3.8) is 0 Å². The summed E-state index contributed by atoms with van der Waals surface area (Å²) >= 11 is 3.31. The van der Waals surface area contributed by atoms with E-state index in [0.29, 0.717) is 16.6 Å².